The van der Waals surface area contributed by atoms with Gasteiger partial charge in [-0.1, -0.05) is 11.3 Å². The Morgan fingerprint density at radius 1 is 1.46 bits per heavy atom. The van der Waals surface area contributed by atoms with E-state index in [1.165, 1.54) is 0 Å². The second-order valence-corrected chi connectivity index (χ2v) is 3.59. The molecule has 0 saturated carbocycles. The maximum absolute atomic E-state index is 5.41. The third-order valence-corrected chi connectivity index (χ3v) is 2.60. The topological polar surface area (TPSA) is 80.5 Å². The van der Waals surface area contributed by atoms with Crippen LogP contribution in [0.1, 0.15) is 5.01 Å². The third-order valence-electron chi connectivity index (χ3n) is 1.57. The van der Waals surface area contributed by atoms with Crippen LogP contribution in [0.3, 0.4) is 0 Å². The lowest BCUT2D eigenvalue weighted by Crippen LogP contribution is -2.01. The third kappa shape index (κ3) is 1.73. The maximum atomic E-state index is 5.41. The van der Waals surface area contributed by atoms with Crippen molar-refractivity contribution in [2.45, 2.75) is 6.42 Å². The molecule has 0 aliphatic rings. The first kappa shape index (κ1) is 8.33. The average molecular weight is 195 g/mol. The number of hydrogen-bond acceptors (Lipinski definition) is 5. The van der Waals surface area contributed by atoms with Crippen LogP contribution < -0.4 is 5.73 Å². The Hall–Kier alpha value is -1.27. The van der Waals surface area contributed by atoms with E-state index in [4.69, 9.17) is 5.73 Å². The lowest BCUT2D eigenvalue weighted by atomic mass is 10.4. The average Bonchev–Trinajstić information content (AvgIpc) is 2.70. The highest BCUT2D eigenvalue weighted by Crippen LogP contribution is 2.21. The number of nitrogens with one attached hydrogen (secondary N) is 1. The van der Waals surface area contributed by atoms with Crippen LogP contribution in [0.15, 0.2) is 12.4 Å². The highest BCUT2D eigenvalue weighted by atomic mass is 32.1. The van der Waals surface area contributed by atoms with Crippen LogP contribution in [0.2, 0.25) is 0 Å². The van der Waals surface area contributed by atoms with E-state index in [0.717, 1.165) is 22.0 Å². The van der Waals surface area contributed by atoms with Crippen molar-refractivity contribution >= 4 is 11.3 Å². The Labute approximate surface area is 79.0 Å². The van der Waals surface area contributed by atoms with Gasteiger partial charge in [-0.25, -0.2) is 0 Å². The number of hydrogen-bond donors (Lipinski definition) is 2. The maximum Gasteiger partial charge on any atom is 0.150 e. The summed E-state index contributed by atoms with van der Waals surface area (Å²) in [4.78, 5) is 0. The smallest absolute Gasteiger partial charge is 0.150 e. The van der Waals surface area contributed by atoms with Gasteiger partial charge in [-0.15, -0.1) is 10.2 Å². The van der Waals surface area contributed by atoms with Crippen LogP contribution in [0.25, 0.3) is 10.6 Å². The van der Waals surface area contributed by atoms with E-state index in [1.54, 1.807) is 23.7 Å². The summed E-state index contributed by atoms with van der Waals surface area (Å²) in [6, 6.07) is 0. The highest BCUT2D eigenvalue weighted by Gasteiger charge is 2.05. The van der Waals surface area contributed by atoms with Gasteiger partial charge in [-0.3, -0.25) is 5.10 Å². The molecule has 0 aliphatic heterocycles. The highest BCUT2D eigenvalue weighted by molar-refractivity contribution is 7.14. The van der Waals surface area contributed by atoms with Crippen LogP contribution >= 0.6 is 11.3 Å². The van der Waals surface area contributed by atoms with E-state index in [0.29, 0.717) is 6.54 Å². The van der Waals surface area contributed by atoms with Crippen molar-refractivity contribution in [1.29, 1.82) is 0 Å². The van der Waals surface area contributed by atoms with E-state index in [-0.39, 0.29) is 0 Å². The molecule has 0 fully saturated rings. The van der Waals surface area contributed by atoms with Gasteiger partial charge in [0.25, 0.3) is 0 Å². The molecule has 5 nitrogen and oxygen atoms in total. The largest absolute Gasteiger partial charge is 0.330 e. The van der Waals surface area contributed by atoms with Gasteiger partial charge < -0.3 is 5.73 Å². The van der Waals surface area contributed by atoms with Gasteiger partial charge in [0, 0.05) is 12.6 Å². The Morgan fingerprint density at radius 2 is 2.38 bits per heavy atom. The van der Waals surface area contributed by atoms with Crippen molar-refractivity contribution in [3.63, 3.8) is 0 Å². The van der Waals surface area contributed by atoms with Crippen molar-refractivity contribution in [3.05, 3.63) is 17.4 Å². The molecule has 0 aromatic carbocycles. The van der Waals surface area contributed by atoms with Crippen molar-refractivity contribution < 1.29 is 0 Å². The van der Waals surface area contributed by atoms with Crippen molar-refractivity contribution in [2.24, 2.45) is 5.73 Å². The second-order valence-electron chi connectivity index (χ2n) is 2.53. The molecular formula is C7H9N5S. The fourth-order valence-corrected chi connectivity index (χ4v) is 1.80. The normalized spacial score (nSPS) is 10.5. The molecular weight excluding hydrogens is 186 g/mol. The van der Waals surface area contributed by atoms with Crippen LogP contribution in [0.5, 0.6) is 0 Å². The predicted molar refractivity (Wildman–Crippen MR) is 50.2 cm³/mol. The van der Waals surface area contributed by atoms with Crippen molar-refractivity contribution in [2.75, 3.05) is 6.54 Å². The SMILES string of the molecule is NCCc1nnc(-c2cn[nH]c2)s1. The molecule has 0 spiro atoms. The molecule has 13 heavy (non-hydrogen) atoms. The number of aromatic amines is 1. The zero-order chi connectivity index (χ0) is 9.10. The predicted octanol–water partition coefficient (Wildman–Crippen LogP) is 0.429. The minimum Gasteiger partial charge on any atom is -0.330 e. The molecule has 2 aromatic heterocycles. The van der Waals surface area contributed by atoms with E-state index in [2.05, 4.69) is 20.4 Å². The summed E-state index contributed by atoms with van der Waals surface area (Å²) in [6.45, 7) is 0.611. The van der Waals surface area contributed by atoms with Crippen LogP contribution in [0, 0.1) is 0 Å². The molecule has 3 N–H and O–H groups in total. The molecule has 68 valence electrons. The molecule has 2 heterocycles. The molecule has 0 radical (unpaired) electrons. The van der Waals surface area contributed by atoms with Gasteiger partial charge >= 0.3 is 0 Å². The molecule has 2 rings (SSSR count). The van der Waals surface area contributed by atoms with Crippen molar-refractivity contribution in [1.82, 2.24) is 20.4 Å². The molecule has 0 amide bonds. The molecule has 0 saturated heterocycles. The molecule has 0 atom stereocenters. The van der Waals surface area contributed by atoms with E-state index >= 15 is 0 Å². The minimum atomic E-state index is 0.611. The molecule has 6 heteroatoms. The summed E-state index contributed by atoms with van der Waals surface area (Å²) >= 11 is 1.55. The summed E-state index contributed by atoms with van der Waals surface area (Å²) in [5.74, 6) is 0. The number of aromatic nitrogens is 4. The molecule has 0 aliphatic carbocycles. The first-order valence-corrected chi connectivity index (χ1v) is 4.73. The fraction of sp³-hybridized carbons (Fsp3) is 0.286. The van der Waals surface area contributed by atoms with E-state index < -0.39 is 0 Å². The van der Waals surface area contributed by atoms with Crippen LogP contribution in [-0.4, -0.2) is 26.9 Å². The lowest BCUT2D eigenvalue weighted by Gasteiger charge is -1.85. The fourth-order valence-electron chi connectivity index (χ4n) is 0.963. The molecule has 0 bridgehead atoms. The number of H-pyrrole nitrogens is 1. The zero-order valence-corrected chi connectivity index (χ0v) is 7.71. The zero-order valence-electron chi connectivity index (χ0n) is 6.90. The molecule has 2 aromatic rings. The van der Waals surface area contributed by atoms with E-state index in [1.807, 2.05) is 0 Å². The molecule has 0 unspecified atom stereocenters. The Morgan fingerprint density at radius 3 is 3.08 bits per heavy atom. The quantitative estimate of drug-likeness (QED) is 0.744. The first-order chi connectivity index (χ1) is 6.40. The van der Waals surface area contributed by atoms with Gasteiger partial charge in [0.1, 0.15) is 5.01 Å². The second kappa shape index (κ2) is 3.63. The first-order valence-electron chi connectivity index (χ1n) is 3.92. The summed E-state index contributed by atoms with van der Waals surface area (Å²) in [6.07, 6.45) is 4.31. The van der Waals surface area contributed by atoms with Crippen molar-refractivity contribution in [3.8, 4) is 10.6 Å². The number of rotatable bonds is 3. The van der Waals surface area contributed by atoms with Gasteiger partial charge in [0.05, 0.1) is 11.8 Å². The summed E-state index contributed by atoms with van der Waals surface area (Å²) < 4.78 is 0. The summed E-state index contributed by atoms with van der Waals surface area (Å²) in [7, 11) is 0. The Bertz CT molecular complexity index is 366. The minimum absolute atomic E-state index is 0.611. The monoisotopic (exact) mass is 195 g/mol. The van der Waals surface area contributed by atoms with Gasteiger partial charge in [0.15, 0.2) is 5.01 Å². The van der Waals surface area contributed by atoms with E-state index in [9.17, 15) is 0 Å². The van der Waals surface area contributed by atoms with Gasteiger partial charge in [0.2, 0.25) is 0 Å². The summed E-state index contributed by atoms with van der Waals surface area (Å²) in [5, 5.41) is 16.5. The lowest BCUT2D eigenvalue weighted by molar-refractivity contribution is 0.913. The number of nitrogens with two attached hydrogens (primary N) is 1. The Kier molecular flexibility index (Phi) is 2.33. The number of nitrogens with zero attached hydrogens (tertiary/aromatic N) is 3. The van der Waals surface area contributed by atoms with Gasteiger partial charge in [-0.05, 0) is 6.54 Å². The van der Waals surface area contributed by atoms with Crippen LogP contribution in [-0.2, 0) is 6.42 Å². The summed E-state index contributed by atoms with van der Waals surface area (Å²) in [5.41, 5.74) is 6.38. The Balaban J connectivity index is 2.23. The van der Waals surface area contributed by atoms with Crippen LogP contribution in [0.4, 0.5) is 0 Å². The van der Waals surface area contributed by atoms with Gasteiger partial charge in [-0.2, -0.15) is 5.10 Å². The standard InChI is InChI=1S/C7H9N5S/c8-2-1-6-11-12-7(13-6)5-3-9-10-4-5/h3-4H,1-2,8H2,(H,9,10).